The molecule has 7 heteroatoms. The third-order valence-electron chi connectivity index (χ3n) is 4.25. The van der Waals surface area contributed by atoms with Crippen LogP contribution in [0.15, 0.2) is 28.1 Å². The van der Waals surface area contributed by atoms with Gasteiger partial charge in [0.15, 0.2) is 0 Å². The number of halogens is 1. The minimum absolute atomic E-state index is 0.214. The van der Waals surface area contributed by atoms with Gasteiger partial charge in [0.1, 0.15) is 0 Å². The van der Waals surface area contributed by atoms with Gasteiger partial charge >= 0.3 is 0 Å². The van der Waals surface area contributed by atoms with Crippen molar-refractivity contribution in [1.82, 2.24) is 9.62 Å². The van der Waals surface area contributed by atoms with Gasteiger partial charge in [-0.1, -0.05) is 38.3 Å². The monoisotopic (exact) mass is 371 g/mol. The Balaban J connectivity index is 2.25. The zero-order valence-electron chi connectivity index (χ0n) is 14.3. The van der Waals surface area contributed by atoms with Crippen LogP contribution in [0.3, 0.4) is 0 Å². The van der Waals surface area contributed by atoms with Crippen LogP contribution in [-0.2, 0) is 10.0 Å². The topological polar surface area (TPSA) is 61.8 Å². The molecular formula is C17H26ClN3O2S. The van der Waals surface area contributed by atoms with Gasteiger partial charge in [0, 0.05) is 25.3 Å². The van der Waals surface area contributed by atoms with Crippen LogP contribution >= 0.6 is 11.6 Å². The largest absolute Gasteiger partial charge is 0.309 e. The molecule has 1 aromatic rings. The van der Waals surface area contributed by atoms with Crippen LogP contribution in [-0.4, -0.2) is 44.6 Å². The molecule has 1 aromatic carbocycles. The maximum atomic E-state index is 12.6. The summed E-state index contributed by atoms with van der Waals surface area (Å²) < 4.78 is 26.7. The Bertz CT molecular complexity index is 664. The molecule has 1 N–H and O–H groups in total. The van der Waals surface area contributed by atoms with Gasteiger partial charge in [0.2, 0.25) is 10.0 Å². The van der Waals surface area contributed by atoms with Crippen LogP contribution in [0.25, 0.3) is 0 Å². The molecule has 0 saturated carbocycles. The van der Waals surface area contributed by atoms with E-state index in [1.807, 2.05) is 20.1 Å². The molecule has 24 heavy (non-hydrogen) atoms. The van der Waals surface area contributed by atoms with Gasteiger partial charge in [0.25, 0.3) is 0 Å². The first-order valence-electron chi connectivity index (χ1n) is 8.56. The zero-order valence-corrected chi connectivity index (χ0v) is 15.9. The highest BCUT2D eigenvalue weighted by molar-refractivity contribution is 7.89. The number of benzene rings is 1. The number of nitrogens with one attached hydrogen (secondary N) is 1. The van der Waals surface area contributed by atoms with Crippen molar-refractivity contribution in [3.63, 3.8) is 0 Å². The highest BCUT2D eigenvalue weighted by atomic mass is 35.5. The summed E-state index contributed by atoms with van der Waals surface area (Å²) in [6.45, 7) is 5.51. The van der Waals surface area contributed by atoms with Crippen LogP contribution in [0.4, 0.5) is 5.69 Å². The summed E-state index contributed by atoms with van der Waals surface area (Å²) in [4.78, 5) is 4.69. The minimum Gasteiger partial charge on any atom is -0.309 e. The Morgan fingerprint density at radius 3 is 2.75 bits per heavy atom. The van der Waals surface area contributed by atoms with Crippen molar-refractivity contribution in [2.45, 2.75) is 50.5 Å². The second-order valence-corrected chi connectivity index (χ2v) is 8.24. The van der Waals surface area contributed by atoms with Gasteiger partial charge in [-0.25, -0.2) is 8.42 Å². The molecule has 0 bridgehead atoms. The average molecular weight is 372 g/mol. The van der Waals surface area contributed by atoms with E-state index in [4.69, 9.17) is 11.6 Å². The van der Waals surface area contributed by atoms with Crippen LogP contribution in [0.1, 0.15) is 39.5 Å². The number of rotatable bonds is 6. The highest BCUT2D eigenvalue weighted by Gasteiger charge is 2.22. The zero-order chi connectivity index (χ0) is 17.6. The summed E-state index contributed by atoms with van der Waals surface area (Å²) in [6, 6.07) is 4.92. The van der Waals surface area contributed by atoms with E-state index in [2.05, 4.69) is 10.3 Å². The standard InChI is InChI=1S/C17H26ClN3O2S/c1-3-21(4-2)24(22,23)15-9-10-16(18)17(12-15)20-13-14-8-6-5-7-11-19-14/h9-10,12-14,19H,3-8,11H2,1-2H3. The number of nitrogens with zero attached hydrogens (tertiary/aromatic N) is 2. The van der Waals surface area contributed by atoms with Crippen molar-refractivity contribution < 1.29 is 8.42 Å². The molecule has 0 aliphatic carbocycles. The minimum atomic E-state index is -3.50. The smallest absolute Gasteiger partial charge is 0.243 e. The Morgan fingerprint density at radius 2 is 2.04 bits per heavy atom. The number of hydrogen-bond donors (Lipinski definition) is 1. The molecule has 0 radical (unpaired) electrons. The van der Waals surface area contributed by atoms with E-state index in [-0.39, 0.29) is 10.9 Å². The fraction of sp³-hybridized carbons (Fsp3) is 0.588. The van der Waals surface area contributed by atoms with Crippen molar-refractivity contribution in [1.29, 1.82) is 0 Å². The second-order valence-electron chi connectivity index (χ2n) is 5.89. The van der Waals surface area contributed by atoms with E-state index in [9.17, 15) is 8.42 Å². The van der Waals surface area contributed by atoms with E-state index in [0.29, 0.717) is 23.8 Å². The molecular weight excluding hydrogens is 346 g/mol. The van der Waals surface area contributed by atoms with E-state index in [1.54, 1.807) is 18.2 Å². The summed E-state index contributed by atoms with van der Waals surface area (Å²) in [5, 5.41) is 3.89. The molecule has 0 spiro atoms. The molecule has 1 aliphatic rings. The van der Waals surface area contributed by atoms with Gasteiger partial charge in [-0.15, -0.1) is 0 Å². The van der Waals surface area contributed by atoms with E-state index >= 15 is 0 Å². The van der Waals surface area contributed by atoms with Gasteiger partial charge in [-0.2, -0.15) is 4.31 Å². The molecule has 1 aliphatic heterocycles. The van der Waals surface area contributed by atoms with E-state index < -0.39 is 10.0 Å². The Hall–Kier alpha value is -0.950. The Labute approximate surface area is 150 Å². The van der Waals surface area contributed by atoms with Crippen molar-refractivity contribution >= 4 is 33.5 Å². The van der Waals surface area contributed by atoms with Crippen molar-refractivity contribution in [2.24, 2.45) is 4.99 Å². The second kappa shape index (κ2) is 8.94. The van der Waals surface area contributed by atoms with Crippen molar-refractivity contribution in [3.8, 4) is 0 Å². The fourth-order valence-electron chi connectivity index (χ4n) is 2.82. The molecule has 1 fully saturated rings. The van der Waals surface area contributed by atoms with Gasteiger partial charge in [0.05, 0.1) is 15.6 Å². The lowest BCUT2D eigenvalue weighted by atomic mass is 10.1. The van der Waals surface area contributed by atoms with Crippen LogP contribution in [0, 0.1) is 0 Å². The quantitative estimate of drug-likeness (QED) is 0.777. The summed E-state index contributed by atoms with van der Waals surface area (Å²) in [6.07, 6.45) is 6.48. The molecule has 2 rings (SSSR count). The number of sulfonamides is 1. The third-order valence-corrected chi connectivity index (χ3v) is 6.62. The summed E-state index contributed by atoms with van der Waals surface area (Å²) in [5.41, 5.74) is 0.496. The molecule has 134 valence electrons. The SMILES string of the molecule is CCN(CC)S(=O)(=O)c1ccc(Cl)c(N=CC2CCCCCN2)c1. The average Bonchev–Trinajstić information content (AvgIpc) is 2.83. The van der Waals surface area contributed by atoms with Crippen molar-refractivity contribution in [2.75, 3.05) is 19.6 Å². The van der Waals surface area contributed by atoms with E-state index in [1.165, 1.54) is 23.6 Å². The maximum absolute atomic E-state index is 12.6. The molecule has 5 nitrogen and oxygen atoms in total. The van der Waals surface area contributed by atoms with Crippen LogP contribution in [0.5, 0.6) is 0 Å². The normalized spacial score (nSPS) is 19.8. The Morgan fingerprint density at radius 1 is 1.29 bits per heavy atom. The van der Waals surface area contributed by atoms with Gasteiger partial charge in [-0.3, -0.25) is 4.99 Å². The molecule has 1 heterocycles. The maximum Gasteiger partial charge on any atom is 0.243 e. The summed E-state index contributed by atoms with van der Waals surface area (Å²) >= 11 is 6.20. The lowest BCUT2D eigenvalue weighted by Crippen LogP contribution is -2.30. The fourth-order valence-corrected chi connectivity index (χ4v) is 4.46. The van der Waals surface area contributed by atoms with Gasteiger partial charge in [-0.05, 0) is 37.6 Å². The molecule has 1 unspecified atom stereocenters. The first-order valence-corrected chi connectivity index (χ1v) is 10.4. The number of hydrogen-bond acceptors (Lipinski definition) is 4. The lowest BCUT2D eigenvalue weighted by molar-refractivity contribution is 0.445. The summed E-state index contributed by atoms with van der Waals surface area (Å²) in [5.74, 6) is 0. The van der Waals surface area contributed by atoms with Crippen LogP contribution in [0.2, 0.25) is 5.02 Å². The van der Waals surface area contributed by atoms with Crippen molar-refractivity contribution in [3.05, 3.63) is 23.2 Å². The molecule has 1 atom stereocenters. The predicted molar refractivity (Wildman–Crippen MR) is 100.0 cm³/mol. The highest BCUT2D eigenvalue weighted by Crippen LogP contribution is 2.29. The first kappa shape index (κ1) is 19.4. The van der Waals surface area contributed by atoms with E-state index in [0.717, 1.165) is 13.0 Å². The lowest BCUT2D eigenvalue weighted by Gasteiger charge is -2.18. The predicted octanol–water partition coefficient (Wildman–Crippen LogP) is 3.61. The number of aliphatic imine (C=N–C) groups is 1. The summed E-state index contributed by atoms with van der Waals surface area (Å²) in [7, 11) is -3.50. The molecule has 0 aromatic heterocycles. The molecule has 0 amide bonds. The third kappa shape index (κ3) is 4.79. The Kier molecular flexibility index (Phi) is 7.22. The first-order chi connectivity index (χ1) is 11.5. The van der Waals surface area contributed by atoms with Gasteiger partial charge < -0.3 is 5.32 Å². The van der Waals surface area contributed by atoms with Crippen LogP contribution < -0.4 is 5.32 Å². The molecule has 1 saturated heterocycles.